The van der Waals surface area contributed by atoms with E-state index in [2.05, 4.69) is 10.2 Å². The van der Waals surface area contributed by atoms with E-state index in [9.17, 15) is 14.9 Å². The number of rotatable bonds is 4. The quantitative estimate of drug-likeness (QED) is 0.498. The van der Waals surface area contributed by atoms with Gasteiger partial charge < -0.3 is 9.64 Å². The SMILES string of the molecule is Cc1c(C(=O)N2CCC(Oc3nncc4ccccc34)CC2)cccc1[N+](=O)[O-]. The number of ether oxygens (including phenoxy) is 1. The number of amides is 1. The second-order valence-electron chi connectivity index (χ2n) is 7.05. The molecule has 4 rings (SSSR count). The summed E-state index contributed by atoms with van der Waals surface area (Å²) in [5.74, 6) is 0.317. The largest absolute Gasteiger partial charge is 0.473 e. The molecule has 1 aliphatic rings. The fourth-order valence-electron chi connectivity index (χ4n) is 3.65. The molecule has 1 aliphatic heterocycles. The molecule has 3 aromatic rings. The highest BCUT2D eigenvalue weighted by Crippen LogP contribution is 2.27. The highest BCUT2D eigenvalue weighted by Gasteiger charge is 2.27. The van der Waals surface area contributed by atoms with Crippen molar-refractivity contribution in [3.8, 4) is 5.88 Å². The van der Waals surface area contributed by atoms with Crippen molar-refractivity contribution in [3.63, 3.8) is 0 Å². The molecule has 148 valence electrons. The summed E-state index contributed by atoms with van der Waals surface area (Å²) in [6.45, 7) is 2.65. The molecular weight excluding hydrogens is 372 g/mol. The van der Waals surface area contributed by atoms with Crippen LogP contribution in [-0.2, 0) is 0 Å². The Morgan fingerprint density at radius 2 is 1.93 bits per heavy atom. The number of fused-ring (bicyclic) bond motifs is 1. The number of carbonyl (C=O) groups is 1. The Hall–Kier alpha value is -3.55. The van der Waals surface area contributed by atoms with Gasteiger partial charge in [-0.1, -0.05) is 24.3 Å². The number of likely N-dealkylation sites (tertiary alicyclic amines) is 1. The molecule has 8 heteroatoms. The number of carbonyl (C=O) groups excluding carboxylic acids is 1. The van der Waals surface area contributed by atoms with Gasteiger partial charge in [0.25, 0.3) is 11.6 Å². The maximum Gasteiger partial charge on any atom is 0.273 e. The Morgan fingerprint density at radius 3 is 2.69 bits per heavy atom. The van der Waals surface area contributed by atoms with Gasteiger partial charge in [-0.05, 0) is 19.1 Å². The fourth-order valence-corrected chi connectivity index (χ4v) is 3.65. The van der Waals surface area contributed by atoms with Crippen LogP contribution >= 0.6 is 0 Å². The molecule has 1 saturated heterocycles. The Morgan fingerprint density at radius 1 is 1.17 bits per heavy atom. The minimum absolute atomic E-state index is 0.0383. The number of piperidine rings is 1. The summed E-state index contributed by atoms with van der Waals surface area (Å²) in [6.07, 6.45) is 2.95. The van der Waals surface area contributed by atoms with Crippen molar-refractivity contribution >= 4 is 22.4 Å². The molecule has 0 unspecified atom stereocenters. The van der Waals surface area contributed by atoms with Crippen LogP contribution in [0, 0.1) is 17.0 Å². The molecule has 1 fully saturated rings. The summed E-state index contributed by atoms with van der Waals surface area (Å²) in [6, 6.07) is 12.4. The van der Waals surface area contributed by atoms with Crippen LogP contribution in [0.15, 0.2) is 48.7 Å². The molecule has 0 spiro atoms. The van der Waals surface area contributed by atoms with Gasteiger partial charge in [0.15, 0.2) is 0 Å². The van der Waals surface area contributed by atoms with Crippen LogP contribution in [0.5, 0.6) is 5.88 Å². The van der Waals surface area contributed by atoms with Gasteiger partial charge in [0.2, 0.25) is 5.88 Å². The second kappa shape index (κ2) is 7.83. The third kappa shape index (κ3) is 3.73. The average Bonchev–Trinajstić information content (AvgIpc) is 2.74. The number of aromatic nitrogens is 2. The summed E-state index contributed by atoms with van der Waals surface area (Å²) in [4.78, 5) is 25.3. The number of benzene rings is 2. The first-order valence-electron chi connectivity index (χ1n) is 9.45. The van der Waals surface area contributed by atoms with Crippen molar-refractivity contribution in [2.24, 2.45) is 0 Å². The van der Waals surface area contributed by atoms with E-state index in [4.69, 9.17) is 4.74 Å². The van der Waals surface area contributed by atoms with Crippen LogP contribution in [0.3, 0.4) is 0 Å². The summed E-state index contributed by atoms with van der Waals surface area (Å²) in [5, 5.41) is 21.1. The van der Waals surface area contributed by atoms with Crippen LogP contribution < -0.4 is 4.74 Å². The van der Waals surface area contributed by atoms with E-state index in [1.165, 1.54) is 6.07 Å². The van der Waals surface area contributed by atoms with Crippen LogP contribution in [0.1, 0.15) is 28.8 Å². The van der Waals surface area contributed by atoms with E-state index in [1.807, 2.05) is 24.3 Å². The molecule has 29 heavy (non-hydrogen) atoms. The van der Waals surface area contributed by atoms with Crippen LogP contribution in [0.4, 0.5) is 5.69 Å². The Labute approximate surface area is 167 Å². The normalized spacial score (nSPS) is 14.7. The third-order valence-electron chi connectivity index (χ3n) is 5.28. The van der Waals surface area contributed by atoms with Gasteiger partial charge >= 0.3 is 0 Å². The lowest BCUT2D eigenvalue weighted by Crippen LogP contribution is -2.42. The number of nitro benzene ring substituents is 1. The van der Waals surface area contributed by atoms with Crippen LogP contribution in [0.25, 0.3) is 10.8 Å². The van der Waals surface area contributed by atoms with Crippen molar-refractivity contribution in [1.29, 1.82) is 0 Å². The van der Waals surface area contributed by atoms with Crippen LogP contribution in [-0.4, -0.2) is 45.1 Å². The standard InChI is InChI=1S/C21H20N4O4/c1-14-17(7-4-8-19(14)25(27)28)21(26)24-11-9-16(10-12-24)29-20-18-6-3-2-5-15(18)13-22-23-20/h2-8,13,16H,9-12H2,1H3. The minimum atomic E-state index is -0.461. The molecule has 0 N–H and O–H groups in total. The summed E-state index contributed by atoms with van der Waals surface area (Å²) >= 11 is 0. The van der Waals surface area contributed by atoms with E-state index in [0.717, 1.165) is 10.8 Å². The molecule has 1 aromatic heterocycles. The first-order chi connectivity index (χ1) is 14.0. The summed E-state index contributed by atoms with van der Waals surface area (Å²) in [7, 11) is 0. The smallest absolute Gasteiger partial charge is 0.273 e. The molecule has 0 atom stereocenters. The van der Waals surface area contributed by atoms with Gasteiger partial charge in [-0.25, -0.2) is 0 Å². The van der Waals surface area contributed by atoms with E-state index < -0.39 is 4.92 Å². The predicted octanol–water partition coefficient (Wildman–Crippen LogP) is 3.53. The minimum Gasteiger partial charge on any atom is -0.473 e. The maximum absolute atomic E-state index is 12.9. The lowest BCUT2D eigenvalue weighted by atomic mass is 10.0. The number of nitrogens with zero attached hydrogens (tertiary/aromatic N) is 4. The van der Waals surface area contributed by atoms with Gasteiger partial charge in [-0.3, -0.25) is 14.9 Å². The predicted molar refractivity (Wildman–Crippen MR) is 107 cm³/mol. The Balaban J connectivity index is 1.44. The Bertz CT molecular complexity index is 1070. The molecule has 0 bridgehead atoms. The van der Waals surface area contributed by atoms with Crippen molar-refractivity contribution in [1.82, 2.24) is 15.1 Å². The third-order valence-corrected chi connectivity index (χ3v) is 5.28. The zero-order chi connectivity index (χ0) is 20.4. The highest BCUT2D eigenvalue weighted by molar-refractivity contribution is 5.96. The molecule has 0 saturated carbocycles. The van der Waals surface area contributed by atoms with E-state index in [1.54, 1.807) is 30.2 Å². The molecule has 0 aliphatic carbocycles. The van der Waals surface area contributed by atoms with Gasteiger partial charge in [-0.15, -0.1) is 5.10 Å². The zero-order valence-electron chi connectivity index (χ0n) is 15.9. The molecule has 2 aromatic carbocycles. The van der Waals surface area contributed by atoms with Crippen molar-refractivity contribution in [2.75, 3.05) is 13.1 Å². The first kappa shape index (κ1) is 18.8. The van der Waals surface area contributed by atoms with E-state index in [0.29, 0.717) is 42.9 Å². The number of hydrogen-bond acceptors (Lipinski definition) is 6. The second-order valence-corrected chi connectivity index (χ2v) is 7.05. The van der Waals surface area contributed by atoms with E-state index >= 15 is 0 Å². The maximum atomic E-state index is 12.9. The molecule has 2 heterocycles. The lowest BCUT2D eigenvalue weighted by Gasteiger charge is -2.32. The van der Waals surface area contributed by atoms with E-state index in [-0.39, 0.29) is 17.7 Å². The zero-order valence-corrected chi connectivity index (χ0v) is 15.9. The van der Waals surface area contributed by atoms with Crippen molar-refractivity contribution < 1.29 is 14.5 Å². The topological polar surface area (TPSA) is 98.5 Å². The monoisotopic (exact) mass is 392 g/mol. The first-order valence-corrected chi connectivity index (χ1v) is 9.45. The van der Waals surface area contributed by atoms with Gasteiger partial charge in [0, 0.05) is 53.9 Å². The number of nitro groups is 1. The highest BCUT2D eigenvalue weighted by atomic mass is 16.6. The molecule has 0 radical (unpaired) electrons. The van der Waals surface area contributed by atoms with Gasteiger partial charge in [0.1, 0.15) is 6.10 Å². The molecule has 8 nitrogen and oxygen atoms in total. The van der Waals surface area contributed by atoms with Crippen molar-refractivity contribution in [2.45, 2.75) is 25.9 Å². The van der Waals surface area contributed by atoms with Crippen molar-refractivity contribution in [3.05, 3.63) is 69.9 Å². The summed E-state index contributed by atoms with van der Waals surface area (Å²) < 4.78 is 6.08. The van der Waals surface area contributed by atoms with Crippen LogP contribution in [0.2, 0.25) is 0 Å². The molecular formula is C21H20N4O4. The summed E-state index contributed by atoms with van der Waals surface area (Å²) in [5.41, 5.74) is 0.731. The lowest BCUT2D eigenvalue weighted by molar-refractivity contribution is -0.385. The Kier molecular flexibility index (Phi) is 5.07. The fraction of sp³-hybridized carbons (Fsp3) is 0.286. The number of hydrogen-bond donors (Lipinski definition) is 0. The van der Waals surface area contributed by atoms with Gasteiger partial charge in [-0.2, -0.15) is 5.10 Å². The van der Waals surface area contributed by atoms with Gasteiger partial charge in [0.05, 0.1) is 11.1 Å². The average molecular weight is 392 g/mol. The molecule has 1 amide bonds.